The quantitative estimate of drug-likeness (QED) is 0.607. The van der Waals surface area contributed by atoms with Crippen LogP contribution in [0.5, 0.6) is 0 Å². The summed E-state index contributed by atoms with van der Waals surface area (Å²) in [4.78, 5) is 0. The number of aliphatic hydroxyl groups is 1. The fourth-order valence-corrected chi connectivity index (χ4v) is 1.62. The molecule has 0 spiro atoms. The summed E-state index contributed by atoms with van der Waals surface area (Å²) < 4.78 is 5.52. The van der Waals surface area contributed by atoms with Crippen molar-refractivity contribution in [3.8, 4) is 0 Å². The lowest BCUT2D eigenvalue weighted by Crippen LogP contribution is -2.41. The van der Waals surface area contributed by atoms with Crippen LogP contribution in [0.4, 0.5) is 0 Å². The van der Waals surface area contributed by atoms with Gasteiger partial charge in [-0.05, 0) is 20.8 Å². The maximum absolute atomic E-state index is 9.96. The molecule has 0 aromatic heterocycles. The van der Waals surface area contributed by atoms with E-state index in [1.54, 1.807) is 0 Å². The molecule has 2 nitrogen and oxygen atoms in total. The number of hydrogen-bond acceptors (Lipinski definition) is 2. The van der Waals surface area contributed by atoms with E-state index in [0.29, 0.717) is 6.61 Å². The largest absolute Gasteiger partial charge is 0.389 e. The van der Waals surface area contributed by atoms with Gasteiger partial charge in [0.2, 0.25) is 0 Å². The highest BCUT2D eigenvalue weighted by atomic mass is 16.5. The number of ether oxygens (including phenoxy) is 1. The average molecular weight is 170 g/mol. The van der Waals surface area contributed by atoms with Gasteiger partial charge < -0.3 is 9.84 Å². The molecule has 2 heteroatoms. The molecule has 2 atom stereocenters. The molecule has 70 valence electrons. The molecule has 1 aliphatic rings. The van der Waals surface area contributed by atoms with Crippen LogP contribution in [0.25, 0.3) is 0 Å². The molecular weight excluding hydrogens is 152 g/mol. The second-order valence-corrected chi connectivity index (χ2v) is 4.49. The van der Waals surface area contributed by atoms with Crippen molar-refractivity contribution in [2.75, 3.05) is 6.61 Å². The predicted molar refractivity (Wildman–Crippen MR) is 49.0 cm³/mol. The molecular formula is C10H18O2. The number of hydrogen-bond donors (Lipinski definition) is 1. The number of rotatable bonds is 1. The Balaban J connectivity index is 2.93. The van der Waals surface area contributed by atoms with Crippen LogP contribution in [-0.2, 0) is 4.74 Å². The van der Waals surface area contributed by atoms with E-state index in [4.69, 9.17) is 4.74 Å². The van der Waals surface area contributed by atoms with Gasteiger partial charge in [0, 0.05) is 5.41 Å². The summed E-state index contributed by atoms with van der Waals surface area (Å²) in [6, 6.07) is 0. The van der Waals surface area contributed by atoms with Crippen LogP contribution in [0, 0.1) is 5.41 Å². The van der Waals surface area contributed by atoms with Crippen molar-refractivity contribution >= 4 is 0 Å². The van der Waals surface area contributed by atoms with E-state index < -0.39 is 11.7 Å². The van der Waals surface area contributed by atoms with Gasteiger partial charge in [-0.2, -0.15) is 0 Å². The Labute approximate surface area is 74.2 Å². The highest BCUT2D eigenvalue weighted by Crippen LogP contribution is 2.43. The second kappa shape index (κ2) is 2.57. The van der Waals surface area contributed by atoms with Crippen molar-refractivity contribution in [2.45, 2.75) is 39.4 Å². The van der Waals surface area contributed by atoms with E-state index >= 15 is 0 Å². The molecule has 1 heterocycles. The zero-order valence-electron chi connectivity index (χ0n) is 8.35. The molecule has 0 amide bonds. The molecule has 1 N–H and O–H groups in total. The van der Waals surface area contributed by atoms with Crippen LogP contribution >= 0.6 is 0 Å². The Bertz CT molecular complexity index is 208. The fourth-order valence-electron chi connectivity index (χ4n) is 1.62. The van der Waals surface area contributed by atoms with Crippen LogP contribution in [0.1, 0.15) is 27.7 Å². The average Bonchev–Trinajstić information content (AvgIpc) is 2.15. The predicted octanol–water partition coefficient (Wildman–Crippen LogP) is 1.74. The van der Waals surface area contributed by atoms with Crippen molar-refractivity contribution in [3.05, 3.63) is 12.2 Å². The Kier molecular flexibility index (Phi) is 2.09. The molecule has 1 fully saturated rings. The van der Waals surface area contributed by atoms with Crippen LogP contribution in [-0.4, -0.2) is 23.4 Å². The molecule has 0 unspecified atom stereocenters. The van der Waals surface area contributed by atoms with Gasteiger partial charge in [0.05, 0.1) is 18.3 Å². The summed E-state index contributed by atoms with van der Waals surface area (Å²) in [6.45, 7) is 12.2. The normalized spacial score (nSPS) is 39.9. The first-order valence-electron chi connectivity index (χ1n) is 4.29. The third-order valence-corrected chi connectivity index (χ3v) is 2.98. The molecule has 1 aliphatic heterocycles. The smallest absolute Gasteiger partial charge is 0.0936 e. The van der Waals surface area contributed by atoms with Crippen LogP contribution in [0.2, 0.25) is 0 Å². The Hall–Kier alpha value is -0.340. The Morgan fingerprint density at radius 3 is 2.17 bits per heavy atom. The van der Waals surface area contributed by atoms with Gasteiger partial charge in [0.15, 0.2) is 0 Å². The van der Waals surface area contributed by atoms with Crippen LogP contribution < -0.4 is 0 Å². The van der Waals surface area contributed by atoms with E-state index in [1.807, 2.05) is 27.7 Å². The van der Waals surface area contributed by atoms with Gasteiger partial charge in [-0.3, -0.25) is 0 Å². The topological polar surface area (TPSA) is 29.5 Å². The first-order valence-corrected chi connectivity index (χ1v) is 4.29. The molecule has 0 saturated carbocycles. The van der Waals surface area contributed by atoms with Crippen molar-refractivity contribution < 1.29 is 9.84 Å². The van der Waals surface area contributed by atoms with E-state index in [0.717, 1.165) is 5.57 Å². The lowest BCUT2D eigenvalue weighted by Gasteiger charge is -2.31. The SMILES string of the molecule is C=C(C)[C@]1(C)COC(C)(C)[C@@H]1O. The molecule has 12 heavy (non-hydrogen) atoms. The minimum Gasteiger partial charge on any atom is -0.389 e. The third-order valence-electron chi connectivity index (χ3n) is 2.98. The molecule has 1 saturated heterocycles. The number of aliphatic hydroxyl groups excluding tert-OH is 1. The monoisotopic (exact) mass is 170 g/mol. The second-order valence-electron chi connectivity index (χ2n) is 4.49. The molecule has 0 radical (unpaired) electrons. The first kappa shape index (κ1) is 9.75. The Morgan fingerprint density at radius 1 is 1.50 bits per heavy atom. The minimum atomic E-state index is -0.456. The fraction of sp³-hybridized carbons (Fsp3) is 0.800. The van der Waals surface area contributed by atoms with Gasteiger partial charge in [-0.15, -0.1) is 0 Å². The van der Waals surface area contributed by atoms with Crippen molar-refractivity contribution in [3.63, 3.8) is 0 Å². The summed E-state index contributed by atoms with van der Waals surface area (Å²) >= 11 is 0. The molecule has 0 aliphatic carbocycles. The lowest BCUT2D eigenvalue weighted by atomic mass is 9.76. The molecule has 0 bridgehead atoms. The van der Waals surface area contributed by atoms with Crippen molar-refractivity contribution in [1.29, 1.82) is 0 Å². The highest BCUT2D eigenvalue weighted by molar-refractivity contribution is 5.15. The zero-order chi connectivity index (χ0) is 9.57. The standard InChI is InChI=1S/C10H18O2/c1-7(2)10(5)6-12-9(3,4)8(10)11/h8,11H,1,6H2,2-5H3/t8-,10-/m0/s1. The summed E-state index contributed by atoms with van der Waals surface area (Å²) in [6.07, 6.45) is -0.456. The van der Waals surface area contributed by atoms with Crippen molar-refractivity contribution in [1.82, 2.24) is 0 Å². The molecule has 1 rings (SSSR count). The third kappa shape index (κ3) is 1.19. The summed E-state index contributed by atoms with van der Waals surface area (Å²) in [5.41, 5.74) is 0.276. The Morgan fingerprint density at radius 2 is 2.00 bits per heavy atom. The summed E-state index contributed by atoms with van der Waals surface area (Å²) in [7, 11) is 0. The van der Waals surface area contributed by atoms with E-state index in [2.05, 4.69) is 6.58 Å². The zero-order valence-corrected chi connectivity index (χ0v) is 8.35. The van der Waals surface area contributed by atoms with Gasteiger partial charge in [-0.25, -0.2) is 0 Å². The van der Waals surface area contributed by atoms with Gasteiger partial charge in [-0.1, -0.05) is 19.1 Å². The maximum Gasteiger partial charge on any atom is 0.0936 e. The van der Waals surface area contributed by atoms with Crippen LogP contribution in [0.3, 0.4) is 0 Å². The molecule has 0 aromatic carbocycles. The summed E-state index contributed by atoms with van der Waals surface area (Å²) in [5, 5.41) is 9.96. The van der Waals surface area contributed by atoms with Gasteiger partial charge >= 0.3 is 0 Å². The van der Waals surface area contributed by atoms with E-state index in [1.165, 1.54) is 0 Å². The highest BCUT2D eigenvalue weighted by Gasteiger charge is 2.50. The minimum absolute atomic E-state index is 0.274. The van der Waals surface area contributed by atoms with Gasteiger partial charge in [0.25, 0.3) is 0 Å². The van der Waals surface area contributed by atoms with E-state index in [-0.39, 0.29) is 5.41 Å². The van der Waals surface area contributed by atoms with Crippen LogP contribution in [0.15, 0.2) is 12.2 Å². The molecule has 0 aromatic rings. The summed E-state index contributed by atoms with van der Waals surface area (Å²) in [5.74, 6) is 0. The van der Waals surface area contributed by atoms with Gasteiger partial charge in [0.1, 0.15) is 0 Å². The van der Waals surface area contributed by atoms with Crippen molar-refractivity contribution in [2.24, 2.45) is 5.41 Å². The lowest BCUT2D eigenvalue weighted by molar-refractivity contribution is -0.0341. The first-order chi connectivity index (χ1) is 5.31. The van der Waals surface area contributed by atoms with E-state index in [9.17, 15) is 5.11 Å². The maximum atomic E-state index is 9.96.